The number of carboxylic acids is 2. The summed E-state index contributed by atoms with van der Waals surface area (Å²) < 4.78 is 0. The van der Waals surface area contributed by atoms with E-state index in [1.165, 1.54) is 36.4 Å². The van der Waals surface area contributed by atoms with Gasteiger partial charge >= 0.3 is 31.4 Å². The number of hydrogen-bond acceptors (Lipinski definition) is 4. The van der Waals surface area contributed by atoms with Gasteiger partial charge in [0, 0.05) is 12.2 Å². The van der Waals surface area contributed by atoms with Crippen molar-refractivity contribution in [3.05, 3.63) is 71.8 Å². The molecule has 0 fully saturated rings. The van der Waals surface area contributed by atoms with Crippen LogP contribution in [0.4, 0.5) is 0 Å². The fraction of sp³-hybridized carbons (Fsp3) is 0. The zero-order valence-electron chi connectivity index (χ0n) is 13.2. The molecule has 0 aliphatic carbocycles. The molecule has 2 N–H and O–H groups in total. The van der Waals surface area contributed by atoms with Gasteiger partial charge in [-0.1, -0.05) is 48.5 Å². The molecule has 2 rings (SSSR count). The van der Waals surface area contributed by atoms with Crippen LogP contribution in [0.5, 0.6) is 11.5 Å². The Balaban J connectivity index is 0.000000443. The third kappa shape index (κ3) is 10.5. The number of aliphatic carboxylic acids is 2. The summed E-state index contributed by atoms with van der Waals surface area (Å²) in [6, 6.07) is 11.8. The summed E-state index contributed by atoms with van der Waals surface area (Å²) in [4.78, 5) is 20.2. The van der Waals surface area contributed by atoms with Gasteiger partial charge in [0.2, 0.25) is 0 Å². The molecule has 0 unspecified atom stereocenters. The van der Waals surface area contributed by atoms with Gasteiger partial charge in [-0.15, -0.1) is 11.5 Å². The smallest absolute Gasteiger partial charge is 0.872 e. The molecule has 0 amide bonds. The molecule has 0 saturated heterocycles. The van der Waals surface area contributed by atoms with Crippen LogP contribution in [0.2, 0.25) is 0 Å². The first-order valence-corrected chi connectivity index (χ1v) is 6.73. The average Bonchev–Trinajstić information content (AvgIpc) is 2.54. The van der Waals surface area contributed by atoms with Crippen LogP contribution in [0.15, 0.2) is 60.7 Å². The topological polar surface area (TPSA) is 121 Å². The van der Waals surface area contributed by atoms with Crippen LogP contribution in [0, 0.1) is 0 Å². The zero-order chi connectivity index (χ0) is 17.9. The molecule has 2 aromatic rings. The van der Waals surface area contributed by atoms with Crippen molar-refractivity contribution in [2.24, 2.45) is 0 Å². The summed E-state index contributed by atoms with van der Waals surface area (Å²) in [7, 11) is 0. The van der Waals surface area contributed by atoms with Gasteiger partial charge in [0.25, 0.3) is 0 Å². The fourth-order valence-corrected chi connectivity index (χ4v) is 1.49. The van der Waals surface area contributed by atoms with Crippen molar-refractivity contribution in [3.63, 3.8) is 0 Å². The van der Waals surface area contributed by atoms with Crippen molar-refractivity contribution in [1.29, 1.82) is 0 Å². The maximum absolute atomic E-state index is 10.6. The van der Waals surface area contributed by atoms with Gasteiger partial charge in [-0.3, -0.25) is 0 Å². The minimum absolute atomic E-state index is 0. The van der Waals surface area contributed by atoms with Crippen LogP contribution in [-0.4, -0.2) is 22.2 Å². The van der Waals surface area contributed by atoms with E-state index in [2.05, 4.69) is 0 Å². The second kappa shape index (κ2) is 11.6. The molecule has 25 heavy (non-hydrogen) atoms. The van der Waals surface area contributed by atoms with E-state index in [-0.39, 0.29) is 31.0 Å². The quantitative estimate of drug-likeness (QED) is 0.604. The van der Waals surface area contributed by atoms with Crippen LogP contribution >= 0.6 is 0 Å². The largest absolute Gasteiger partial charge is 2.00 e. The normalized spacial score (nSPS) is 9.92. The van der Waals surface area contributed by atoms with E-state index >= 15 is 0 Å². The molecule has 0 saturated carbocycles. The van der Waals surface area contributed by atoms with Crippen LogP contribution in [0.25, 0.3) is 12.2 Å². The van der Waals surface area contributed by atoms with E-state index in [0.717, 1.165) is 12.2 Å². The first-order chi connectivity index (χ1) is 11.4. The Hall–Kier alpha value is -2.92. The van der Waals surface area contributed by atoms with Crippen molar-refractivity contribution in [2.45, 2.75) is 0 Å². The van der Waals surface area contributed by atoms with E-state index in [4.69, 9.17) is 10.2 Å². The van der Waals surface area contributed by atoms with Gasteiger partial charge < -0.3 is 20.4 Å². The Labute approximate surface area is 157 Å². The first kappa shape index (κ1) is 22.1. The van der Waals surface area contributed by atoms with Crippen LogP contribution in [0.1, 0.15) is 11.1 Å². The molecule has 124 valence electrons. The molecule has 0 atom stereocenters. The molecule has 0 aliphatic rings. The van der Waals surface area contributed by atoms with Crippen LogP contribution in [-0.2, 0) is 29.1 Å². The first-order valence-electron chi connectivity index (χ1n) is 6.73. The Morgan fingerprint density at radius 1 is 0.680 bits per heavy atom. The summed E-state index contributed by atoms with van der Waals surface area (Å²) >= 11 is 0. The molecule has 0 spiro atoms. The number of carbonyl (C=O) groups is 2. The van der Waals surface area contributed by atoms with E-state index in [9.17, 15) is 19.8 Å². The van der Waals surface area contributed by atoms with Gasteiger partial charge in [0.15, 0.2) is 0 Å². The Morgan fingerprint density at radius 2 is 0.960 bits per heavy atom. The Bertz CT molecular complexity index is 668. The third-order valence-corrected chi connectivity index (χ3v) is 2.60. The molecule has 7 heteroatoms. The van der Waals surface area contributed by atoms with Gasteiger partial charge in [0.1, 0.15) is 0 Å². The van der Waals surface area contributed by atoms with Gasteiger partial charge in [-0.05, 0) is 23.3 Å². The van der Waals surface area contributed by atoms with Crippen molar-refractivity contribution < 1.29 is 49.5 Å². The molecule has 2 aromatic carbocycles. The Morgan fingerprint density at radius 3 is 1.20 bits per heavy atom. The van der Waals surface area contributed by atoms with Crippen molar-refractivity contribution >= 4 is 24.1 Å². The summed E-state index contributed by atoms with van der Waals surface area (Å²) in [6.07, 6.45) is 4.92. The third-order valence-electron chi connectivity index (χ3n) is 2.60. The number of benzene rings is 2. The van der Waals surface area contributed by atoms with Crippen molar-refractivity contribution in [1.82, 2.24) is 0 Å². The van der Waals surface area contributed by atoms with Gasteiger partial charge in [-0.2, -0.15) is 0 Å². The molecule has 0 aliphatic heterocycles. The van der Waals surface area contributed by atoms with Crippen LogP contribution < -0.4 is 10.2 Å². The summed E-state index contributed by atoms with van der Waals surface area (Å²) in [6.45, 7) is 0. The summed E-state index contributed by atoms with van der Waals surface area (Å²) in [5, 5.41) is 37.8. The van der Waals surface area contributed by atoms with Crippen molar-refractivity contribution in [2.75, 3.05) is 0 Å². The maximum atomic E-state index is 10.6. The maximum Gasteiger partial charge on any atom is 2.00 e. The number of rotatable bonds is 4. The van der Waals surface area contributed by atoms with Gasteiger partial charge in [-0.25, -0.2) is 9.59 Å². The molecule has 0 aromatic heterocycles. The van der Waals surface area contributed by atoms with E-state index in [0.29, 0.717) is 11.1 Å². The predicted octanol–water partition coefficient (Wildman–Crippen LogP) is 1.71. The van der Waals surface area contributed by atoms with Gasteiger partial charge in [0.05, 0.1) is 0 Å². The summed E-state index contributed by atoms with van der Waals surface area (Å²) in [5.74, 6) is -2.16. The molecular weight excluding hydrogens is 378 g/mol. The zero-order valence-corrected chi connectivity index (χ0v) is 16.1. The van der Waals surface area contributed by atoms with Crippen LogP contribution in [0.3, 0.4) is 0 Å². The standard InChI is InChI=1S/2C9H8O3.Zn/c2*10-8-4-1-7(2-5-8)3-6-9(11)12;/h2*1-6,10H,(H,11,12);/q;;+2/p-2/b2*6-3+;. The van der Waals surface area contributed by atoms with E-state index in [1.54, 1.807) is 24.3 Å². The SMILES string of the molecule is O=C(O)/C=C/c1ccc([O-])cc1.O=C(O)/C=C/c1ccc([O-])cc1.[Zn+2]. The molecule has 0 radical (unpaired) electrons. The van der Waals surface area contributed by atoms with E-state index < -0.39 is 11.9 Å². The Kier molecular flexibility index (Phi) is 10.2. The molecule has 6 nitrogen and oxygen atoms in total. The summed E-state index contributed by atoms with van der Waals surface area (Å²) in [5.41, 5.74) is 1.41. The number of hydrogen-bond donors (Lipinski definition) is 2. The average molecular weight is 392 g/mol. The molecular formula is C18H14O6Zn. The minimum Gasteiger partial charge on any atom is -0.872 e. The predicted molar refractivity (Wildman–Crippen MR) is 85.1 cm³/mol. The van der Waals surface area contributed by atoms with Crippen molar-refractivity contribution in [3.8, 4) is 11.5 Å². The second-order valence-corrected chi connectivity index (χ2v) is 4.48. The molecule has 0 bridgehead atoms. The second-order valence-electron chi connectivity index (χ2n) is 4.48. The fourth-order valence-electron chi connectivity index (χ4n) is 1.49. The van der Waals surface area contributed by atoms with E-state index in [1.807, 2.05) is 0 Å². The molecule has 0 heterocycles. The monoisotopic (exact) mass is 390 g/mol. The number of carboxylic acid groups (broad SMARTS) is 2. The minimum atomic E-state index is -0.999.